The van der Waals surface area contributed by atoms with E-state index in [-0.39, 0.29) is 5.38 Å². The van der Waals surface area contributed by atoms with E-state index in [0.717, 1.165) is 5.56 Å². The number of hydrogen-bond acceptors (Lipinski definition) is 0. The molecule has 0 unspecified atom stereocenters. The summed E-state index contributed by atoms with van der Waals surface area (Å²) in [7, 11) is 0. The maximum absolute atomic E-state index is 6.59. The molecule has 1 atom stereocenters. The van der Waals surface area contributed by atoms with Gasteiger partial charge in [0.05, 0.1) is 5.38 Å². The van der Waals surface area contributed by atoms with E-state index >= 15 is 0 Å². The lowest BCUT2D eigenvalue weighted by Crippen LogP contribution is -1.99. The Labute approximate surface area is 108 Å². The second kappa shape index (κ2) is 4.93. The van der Waals surface area contributed by atoms with Gasteiger partial charge in [-0.25, -0.2) is 0 Å². The van der Waals surface area contributed by atoms with E-state index in [1.54, 1.807) is 0 Å². The minimum Gasteiger partial charge on any atom is -0.113 e. The van der Waals surface area contributed by atoms with Crippen molar-refractivity contribution in [3.63, 3.8) is 0 Å². The molecular weight excluding hydrogens is 228 g/mol. The monoisotopic (exact) mass is 244 g/mol. The number of alkyl halides is 1. The number of benzene rings is 2. The molecule has 2 aromatic carbocycles. The van der Waals surface area contributed by atoms with Gasteiger partial charge in [0.1, 0.15) is 0 Å². The summed E-state index contributed by atoms with van der Waals surface area (Å²) in [6.45, 7) is 6.32. The molecule has 0 heterocycles. The first-order valence-electron chi connectivity index (χ1n) is 5.86. The highest BCUT2D eigenvalue weighted by Crippen LogP contribution is 2.33. The zero-order valence-corrected chi connectivity index (χ0v) is 11.3. The molecule has 0 aliphatic carbocycles. The predicted molar refractivity (Wildman–Crippen MR) is 74.8 cm³/mol. The van der Waals surface area contributed by atoms with Crippen LogP contribution in [0, 0.1) is 20.8 Å². The smallest absolute Gasteiger partial charge is 0.0840 e. The van der Waals surface area contributed by atoms with Crippen molar-refractivity contribution in [1.82, 2.24) is 0 Å². The van der Waals surface area contributed by atoms with Crippen LogP contribution < -0.4 is 0 Å². The van der Waals surface area contributed by atoms with Gasteiger partial charge in [0.15, 0.2) is 0 Å². The first kappa shape index (κ1) is 12.2. The maximum atomic E-state index is 6.59. The molecular formula is C16H17Cl. The molecule has 2 rings (SSSR count). The molecule has 0 fully saturated rings. The van der Waals surface area contributed by atoms with Gasteiger partial charge in [-0.15, -0.1) is 11.6 Å². The van der Waals surface area contributed by atoms with Crippen molar-refractivity contribution >= 4 is 11.6 Å². The van der Waals surface area contributed by atoms with E-state index in [0.29, 0.717) is 0 Å². The Morgan fingerprint density at radius 3 is 1.88 bits per heavy atom. The van der Waals surface area contributed by atoms with Gasteiger partial charge in [-0.2, -0.15) is 0 Å². The van der Waals surface area contributed by atoms with Crippen molar-refractivity contribution < 1.29 is 0 Å². The standard InChI is InChI=1S/C16H17Cl/c1-11-7-9-14(10-8-11)16(17)15-12(2)5-4-6-13(15)3/h4-10,16H,1-3H3/t16-/m0/s1. The lowest BCUT2D eigenvalue weighted by Gasteiger charge is -2.16. The van der Waals surface area contributed by atoms with E-state index in [9.17, 15) is 0 Å². The van der Waals surface area contributed by atoms with Gasteiger partial charge in [-0.05, 0) is 43.0 Å². The Morgan fingerprint density at radius 2 is 1.35 bits per heavy atom. The average molecular weight is 245 g/mol. The summed E-state index contributed by atoms with van der Waals surface area (Å²) >= 11 is 6.59. The zero-order chi connectivity index (χ0) is 12.4. The molecule has 0 aliphatic rings. The van der Waals surface area contributed by atoms with Crippen LogP contribution in [0.2, 0.25) is 0 Å². The molecule has 17 heavy (non-hydrogen) atoms. The Morgan fingerprint density at radius 1 is 0.824 bits per heavy atom. The van der Waals surface area contributed by atoms with Gasteiger partial charge in [0.2, 0.25) is 0 Å². The van der Waals surface area contributed by atoms with Crippen molar-refractivity contribution in [2.45, 2.75) is 26.1 Å². The summed E-state index contributed by atoms with van der Waals surface area (Å²) in [4.78, 5) is 0. The van der Waals surface area contributed by atoms with Crippen molar-refractivity contribution in [1.29, 1.82) is 0 Å². The zero-order valence-electron chi connectivity index (χ0n) is 10.5. The van der Waals surface area contributed by atoms with E-state index < -0.39 is 0 Å². The fourth-order valence-electron chi connectivity index (χ4n) is 2.13. The second-order valence-corrected chi connectivity index (χ2v) is 5.02. The summed E-state index contributed by atoms with van der Waals surface area (Å²) < 4.78 is 0. The van der Waals surface area contributed by atoms with Crippen LogP contribution in [-0.2, 0) is 0 Å². The van der Waals surface area contributed by atoms with Gasteiger partial charge in [0.25, 0.3) is 0 Å². The minimum absolute atomic E-state index is 0.0585. The molecule has 0 saturated carbocycles. The SMILES string of the molecule is Cc1ccc([C@H](Cl)c2c(C)cccc2C)cc1. The Balaban J connectivity index is 2.43. The van der Waals surface area contributed by atoms with Gasteiger partial charge in [-0.1, -0.05) is 48.0 Å². The molecule has 88 valence electrons. The number of rotatable bonds is 2. The van der Waals surface area contributed by atoms with Crippen molar-refractivity contribution in [3.8, 4) is 0 Å². The van der Waals surface area contributed by atoms with Crippen LogP contribution in [0.5, 0.6) is 0 Å². The molecule has 2 aromatic rings. The van der Waals surface area contributed by atoms with Gasteiger partial charge >= 0.3 is 0 Å². The third kappa shape index (κ3) is 2.53. The largest absolute Gasteiger partial charge is 0.113 e. The molecule has 0 aliphatic heterocycles. The minimum atomic E-state index is -0.0585. The molecule has 0 N–H and O–H groups in total. The first-order chi connectivity index (χ1) is 8.09. The lowest BCUT2D eigenvalue weighted by molar-refractivity contribution is 1.08. The highest BCUT2D eigenvalue weighted by molar-refractivity contribution is 6.22. The number of aryl methyl sites for hydroxylation is 3. The Hall–Kier alpha value is -1.27. The summed E-state index contributed by atoms with van der Waals surface area (Å²) in [5.74, 6) is 0. The van der Waals surface area contributed by atoms with Crippen LogP contribution in [0.4, 0.5) is 0 Å². The lowest BCUT2D eigenvalue weighted by atomic mass is 9.95. The molecule has 0 spiro atoms. The first-order valence-corrected chi connectivity index (χ1v) is 6.30. The van der Waals surface area contributed by atoms with Crippen molar-refractivity contribution in [2.24, 2.45) is 0 Å². The number of halogens is 1. The summed E-state index contributed by atoms with van der Waals surface area (Å²) in [6.07, 6.45) is 0. The summed E-state index contributed by atoms with van der Waals surface area (Å²) in [5.41, 5.74) is 6.17. The highest BCUT2D eigenvalue weighted by atomic mass is 35.5. The highest BCUT2D eigenvalue weighted by Gasteiger charge is 2.14. The third-order valence-electron chi connectivity index (χ3n) is 3.17. The fraction of sp³-hybridized carbons (Fsp3) is 0.250. The fourth-order valence-corrected chi connectivity index (χ4v) is 2.62. The Kier molecular flexibility index (Phi) is 3.54. The quantitative estimate of drug-likeness (QED) is 0.657. The van der Waals surface area contributed by atoms with Crippen molar-refractivity contribution in [3.05, 3.63) is 70.3 Å². The molecule has 0 nitrogen and oxygen atoms in total. The summed E-state index contributed by atoms with van der Waals surface area (Å²) in [5, 5.41) is -0.0585. The summed E-state index contributed by atoms with van der Waals surface area (Å²) in [6, 6.07) is 14.7. The normalized spacial score (nSPS) is 12.5. The third-order valence-corrected chi connectivity index (χ3v) is 3.64. The number of hydrogen-bond donors (Lipinski definition) is 0. The predicted octanol–water partition coefficient (Wildman–Crippen LogP) is 4.94. The van der Waals surface area contributed by atoms with E-state index in [1.165, 1.54) is 22.3 Å². The molecule has 0 bridgehead atoms. The van der Waals surface area contributed by atoms with Crippen LogP contribution in [0.3, 0.4) is 0 Å². The van der Waals surface area contributed by atoms with Gasteiger partial charge < -0.3 is 0 Å². The second-order valence-electron chi connectivity index (χ2n) is 4.58. The van der Waals surface area contributed by atoms with Crippen LogP contribution in [0.15, 0.2) is 42.5 Å². The van der Waals surface area contributed by atoms with Gasteiger partial charge in [0, 0.05) is 0 Å². The van der Waals surface area contributed by atoms with Crippen molar-refractivity contribution in [2.75, 3.05) is 0 Å². The maximum Gasteiger partial charge on any atom is 0.0840 e. The van der Waals surface area contributed by atoms with E-state index in [2.05, 4.69) is 63.2 Å². The molecule has 0 radical (unpaired) electrons. The molecule has 1 heteroatoms. The molecule has 0 amide bonds. The molecule has 0 aromatic heterocycles. The topological polar surface area (TPSA) is 0 Å². The van der Waals surface area contributed by atoms with Crippen LogP contribution in [-0.4, -0.2) is 0 Å². The average Bonchev–Trinajstić information content (AvgIpc) is 2.29. The molecule has 0 saturated heterocycles. The van der Waals surface area contributed by atoms with Crippen LogP contribution in [0.25, 0.3) is 0 Å². The van der Waals surface area contributed by atoms with Crippen LogP contribution in [0.1, 0.15) is 33.2 Å². The van der Waals surface area contributed by atoms with E-state index in [4.69, 9.17) is 11.6 Å². The Bertz CT molecular complexity index is 491. The van der Waals surface area contributed by atoms with E-state index in [1.807, 2.05) is 0 Å². The van der Waals surface area contributed by atoms with Gasteiger partial charge in [-0.3, -0.25) is 0 Å². The van der Waals surface area contributed by atoms with Crippen LogP contribution >= 0.6 is 11.6 Å².